The number of carbonyl (C=O) groups excluding carboxylic acids is 1. The first kappa shape index (κ1) is 12.0. The van der Waals surface area contributed by atoms with Crippen molar-refractivity contribution in [2.75, 3.05) is 12.3 Å². The third-order valence-corrected chi connectivity index (χ3v) is 2.17. The van der Waals surface area contributed by atoms with E-state index in [4.69, 9.17) is 19.6 Å². The van der Waals surface area contributed by atoms with E-state index >= 15 is 0 Å². The fraction of sp³-hybridized carbons (Fsp3) is 0.154. The minimum Gasteiger partial charge on any atom is -0.494 e. The second kappa shape index (κ2) is 5.27. The van der Waals surface area contributed by atoms with Gasteiger partial charge in [-0.2, -0.15) is 0 Å². The van der Waals surface area contributed by atoms with Crippen LogP contribution in [0.1, 0.15) is 17.5 Å². The van der Waals surface area contributed by atoms with Crippen molar-refractivity contribution >= 4 is 11.9 Å². The number of esters is 1. The number of hydrogen-bond donors (Lipinski definition) is 1. The van der Waals surface area contributed by atoms with E-state index in [1.165, 1.54) is 12.1 Å². The summed E-state index contributed by atoms with van der Waals surface area (Å²) in [6.07, 6.45) is 0. The Morgan fingerprint density at radius 1 is 1.17 bits per heavy atom. The van der Waals surface area contributed by atoms with Gasteiger partial charge in [0.1, 0.15) is 11.5 Å². The molecule has 18 heavy (non-hydrogen) atoms. The molecular weight excluding hydrogens is 234 g/mol. The molecule has 1 heterocycles. The first-order valence-corrected chi connectivity index (χ1v) is 5.49. The van der Waals surface area contributed by atoms with Crippen LogP contribution in [0.5, 0.6) is 11.5 Å². The lowest BCUT2D eigenvalue weighted by Crippen LogP contribution is -2.07. The molecule has 0 atom stereocenters. The maximum Gasteiger partial charge on any atom is 0.379 e. The fourth-order valence-electron chi connectivity index (χ4n) is 1.39. The number of hydrogen-bond acceptors (Lipinski definition) is 5. The molecule has 5 heteroatoms. The summed E-state index contributed by atoms with van der Waals surface area (Å²) in [7, 11) is 0. The van der Waals surface area contributed by atoms with E-state index in [0.717, 1.165) is 5.75 Å². The highest BCUT2D eigenvalue weighted by molar-refractivity contribution is 5.88. The molecule has 2 aromatic rings. The minimum absolute atomic E-state index is 0.0707. The molecule has 1 aromatic carbocycles. The quantitative estimate of drug-likeness (QED) is 0.663. The first-order chi connectivity index (χ1) is 8.69. The van der Waals surface area contributed by atoms with Crippen LogP contribution in [-0.4, -0.2) is 12.6 Å². The van der Waals surface area contributed by atoms with E-state index in [1.807, 2.05) is 6.92 Å². The summed E-state index contributed by atoms with van der Waals surface area (Å²) in [5, 5.41) is 0. The molecule has 2 rings (SSSR count). The molecule has 1 aromatic heterocycles. The molecule has 0 bridgehead atoms. The number of nitrogens with two attached hydrogens (primary N) is 1. The number of anilines is 1. The summed E-state index contributed by atoms with van der Waals surface area (Å²) in [6.45, 7) is 2.49. The third-order valence-electron chi connectivity index (χ3n) is 2.17. The lowest BCUT2D eigenvalue weighted by atomic mass is 10.3. The van der Waals surface area contributed by atoms with Gasteiger partial charge in [-0.3, -0.25) is 0 Å². The highest BCUT2D eigenvalue weighted by Crippen LogP contribution is 2.19. The van der Waals surface area contributed by atoms with Crippen molar-refractivity contribution in [1.29, 1.82) is 0 Å². The number of ether oxygens (including phenoxy) is 2. The van der Waals surface area contributed by atoms with Gasteiger partial charge in [-0.15, -0.1) is 0 Å². The van der Waals surface area contributed by atoms with Gasteiger partial charge >= 0.3 is 5.97 Å². The van der Waals surface area contributed by atoms with Gasteiger partial charge in [-0.25, -0.2) is 4.79 Å². The van der Waals surface area contributed by atoms with Gasteiger partial charge in [0.05, 0.1) is 6.61 Å². The van der Waals surface area contributed by atoms with E-state index in [-0.39, 0.29) is 11.6 Å². The summed E-state index contributed by atoms with van der Waals surface area (Å²) in [6, 6.07) is 9.70. The van der Waals surface area contributed by atoms with Crippen molar-refractivity contribution < 1.29 is 18.7 Å². The molecule has 2 N–H and O–H groups in total. The van der Waals surface area contributed by atoms with E-state index in [1.54, 1.807) is 24.3 Å². The second-order valence-corrected chi connectivity index (χ2v) is 3.50. The lowest BCUT2D eigenvalue weighted by molar-refractivity contribution is 0.0702. The molecule has 0 aliphatic rings. The molecule has 0 aliphatic heterocycles. The monoisotopic (exact) mass is 247 g/mol. The highest BCUT2D eigenvalue weighted by Gasteiger charge is 2.12. The molecule has 5 nitrogen and oxygen atoms in total. The van der Waals surface area contributed by atoms with Gasteiger partial charge in [0.15, 0.2) is 5.88 Å². The summed E-state index contributed by atoms with van der Waals surface area (Å²) in [5.74, 6) is 0.795. The average molecular weight is 247 g/mol. The van der Waals surface area contributed by atoms with Crippen LogP contribution in [0.4, 0.5) is 5.88 Å². The zero-order chi connectivity index (χ0) is 13.0. The first-order valence-electron chi connectivity index (χ1n) is 5.49. The van der Waals surface area contributed by atoms with Crippen molar-refractivity contribution in [2.24, 2.45) is 0 Å². The van der Waals surface area contributed by atoms with Crippen molar-refractivity contribution in [3.8, 4) is 11.5 Å². The molecule has 0 saturated carbocycles. The van der Waals surface area contributed by atoms with Crippen LogP contribution >= 0.6 is 0 Å². The van der Waals surface area contributed by atoms with Gasteiger partial charge < -0.3 is 19.6 Å². The Hall–Kier alpha value is -2.43. The molecule has 0 saturated heterocycles. The summed E-state index contributed by atoms with van der Waals surface area (Å²) >= 11 is 0. The number of benzene rings is 1. The highest BCUT2D eigenvalue weighted by atomic mass is 16.5. The number of rotatable bonds is 4. The number of furan rings is 1. The van der Waals surface area contributed by atoms with Gasteiger partial charge in [0.25, 0.3) is 0 Å². The Balaban J connectivity index is 2.03. The van der Waals surface area contributed by atoms with Gasteiger partial charge in [0, 0.05) is 6.07 Å². The molecule has 0 aliphatic carbocycles. The largest absolute Gasteiger partial charge is 0.494 e. The Bertz CT molecular complexity index is 530. The second-order valence-electron chi connectivity index (χ2n) is 3.50. The van der Waals surface area contributed by atoms with Crippen LogP contribution in [0.25, 0.3) is 0 Å². The molecule has 0 amide bonds. The van der Waals surface area contributed by atoms with E-state index in [2.05, 4.69) is 0 Å². The summed E-state index contributed by atoms with van der Waals surface area (Å²) in [5.41, 5.74) is 5.37. The standard InChI is InChI=1S/C13H13NO4/c1-2-16-9-3-5-10(6-4-9)17-13(15)11-7-8-12(14)18-11/h3-8H,2,14H2,1H3. The van der Waals surface area contributed by atoms with Crippen molar-refractivity contribution in [3.63, 3.8) is 0 Å². The zero-order valence-corrected chi connectivity index (χ0v) is 9.88. The lowest BCUT2D eigenvalue weighted by Gasteiger charge is -2.05. The van der Waals surface area contributed by atoms with Crippen LogP contribution in [0.3, 0.4) is 0 Å². The Labute approximate surface area is 104 Å². The van der Waals surface area contributed by atoms with Gasteiger partial charge in [0.2, 0.25) is 5.76 Å². The Morgan fingerprint density at radius 2 is 1.83 bits per heavy atom. The van der Waals surface area contributed by atoms with Crippen LogP contribution in [0.2, 0.25) is 0 Å². The topological polar surface area (TPSA) is 74.7 Å². The minimum atomic E-state index is -0.587. The maximum absolute atomic E-state index is 11.6. The van der Waals surface area contributed by atoms with Crippen LogP contribution in [0, 0.1) is 0 Å². The van der Waals surface area contributed by atoms with Crippen LogP contribution < -0.4 is 15.2 Å². The average Bonchev–Trinajstić information content (AvgIpc) is 2.79. The maximum atomic E-state index is 11.6. The van der Waals surface area contributed by atoms with Gasteiger partial charge in [-0.1, -0.05) is 0 Å². The zero-order valence-electron chi connectivity index (χ0n) is 9.88. The van der Waals surface area contributed by atoms with E-state index in [9.17, 15) is 4.79 Å². The number of nitrogen functional groups attached to an aromatic ring is 1. The Morgan fingerprint density at radius 3 is 2.39 bits per heavy atom. The molecule has 0 fully saturated rings. The van der Waals surface area contributed by atoms with Crippen LogP contribution in [0.15, 0.2) is 40.8 Å². The molecule has 0 spiro atoms. The third kappa shape index (κ3) is 2.82. The summed E-state index contributed by atoms with van der Waals surface area (Å²) < 4.78 is 15.3. The van der Waals surface area contributed by atoms with E-state index in [0.29, 0.717) is 12.4 Å². The number of carbonyl (C=O) groups is 1. The smallest absolute Gasteiger partial charge is 0.379 e. The SMILES string of the molecule is CCOc1ccc(OC(=O)c2ccc(N)o2)cc1. The predicted octanol–water partition coefficient (Wildman–Crippen LogP) is 2.48. The van der Waals surface area contributed by atoms with E-state index < -0.39 is 5.97 Å². The van der Waals surface area contributed by atoms with Crippen molar-refractivity contribution in [1.82, 2.24) is 0 Å². The fourth-order valence-corrected chi connectivity index (χ4v) is 1.39. The van der Waals surface area contributed by atoms with Crippen molar-refractivity contribution in [2.45, 2.75) is 6.92 Å². The molecule has 94 valence electrons. The normalized spacial score (nSPS) is 10.1. The van der Waals surface area contributed by atoms with Crippen LogP contribution in [-0.2, 0) is 0 Å². The summed E-state index contributed by atoms with van der Waals surface area (Å²) in [4.78, 5) is 11.6. The van der Waals surface area contributed by atoms with Crippen molar-refractivity contribution in [3.05, 3.63) is 42.2 Å². The molecular formula is C13H13NO4. The Kier molecular flexibility index (Phi) is 3.52. The van der Waals surface area contributed by atoms with Gasteiger partial charge in [-0.05, 0) is 37.3 Å². The molecule has 0 unspecified atom stereocenters. The molecule has 0 radical (unpaired) electrons. The predicted molar refractivity (Wildman–Crippen MR) is 65.7 cm³/mol.